The first-order valence-electron chi connectivity index (χ1n) is 7.65. The summed E-state index contributed by atoms with van der Waals surface area (Å²) in [6.07, 6.45) is 0. The van der Waals surface area contributed by atoms with E-state index < -0.39 is 0 Å². The van der Waals surface area contributed by atoms with Crippen LogP contribution >= 0.6 is 0 Å². The van der Waals surface area contributed by atoms with Gasteiger partial charge in [0, 0.05) is 19.1 Å². The van der Waals surface area contributed by atoms with E-state index in [4.69, 9.17) is 0 Å². The van der Waals surface area contributed by atoms with Crippen LogP contribution in [0, 0.1) is 0 Å². The van der Waals surface area contributed by atoms with E-state index >= 15 is 0 Å². The predicted octanol–water partition coefficient (Wildman–Crippen LogP) is 3.36. The summed E-state index contributed by atoms with van der Waals surface area (Å²) >= 11 is 0. The van der Waals surface area contributed by atoms with Crippen LogP contribution < -0.4 is 5.32 Å². The van der Waals surface area contributed by atoms with Crippen molar-refractivity contribution >= 4 is 16.7 Å². The first-order valence-corrected chi connectivity index (χ1v) is 7.65. The van der Waals surface area contributed by atoms with Gasteiger partial charge in [0.1, 0.15) is 0 Å². The molecule has 2 rings (SSSR count). The summed E-state index contributed by atoms with van der Waals surface area (Å²) in [6.45, 7) is 8.03. The minimum absolute atomic E-state index is 0.160. The van der Waals surface area contributed by atoms with Crippen LogP contribution in [0.5, 0.6) is 0 Å². The van der Waals surface area contributed by atoms with Crippen LogP contribution in [0.3, 0.4) is 0 Å². The van der Waals surface area contributed by atoms with Crippen LogP contribution in [-0.4, -0.2) is 30.4 Å². The Balaban J connectivity index is 2.01. The molecule has 0 radical (unpaired) electrons. The molecule has 1 N–H and O–H groups in total. The number of carbonyl (C=O) groups is 1. The molecule has 2 aromatic carbocycles. The van der Waals surface area contributed by atoms with E-state index in [-0.39, 0.29) is 11.9 Å². The minimum atomic E-state index is 0.160. The van der Waals surface area contributed by atoms with Crippen molar-refractivity contribution in [3.63, 3.8) is 0 Å². The Labute approximate surface area is 127 Å². The quantitative estimate of drug-likeness (QED) is 0.882. The molecule has 0 aliphatic rings. The zero-order chi connectivity index (χ0) is 15.2. The predicted molar refractivity (Wildman–Crippen MR) is 88.3 cm³/mol. The summed E-state index contributed by atoms with van der Waals surface area (Å²) in [6, 6.07) is 14.9. The lowest BCUT2D eigenvalue weighted by Gasteiger charge is -2.21. The molecule has 0 aromatic heterocycles. The monoisotopic (exact) mass is 284 g/mol. The molecule has 1 unspecified atom stereocenters. The minimum Gasteiger partial charge on any atom is -0.342 e. The van der Waals surface area contributed by atoms with Gasteiger partial charge in [-0.15, -0.1) is 0 Å². The maximum Gasteiger partial charge on any atom is 0.236 e. The number of fused-ring (bicyclic) bond motifs is 1. The third kappa shape index (κ3) is 3.82. The van der Waals surface area contributed by atoms with Gasteiger partial charge in [0.2, 0.25) is 5.91 Å². The zero-order valence-corrected chi connectivity index (χ0v) is 13.1. The number of benzene rings is 2. The molecule has 1 atom stereocenters. The molecule has 0 aliphatic carbocycles. The Hall–Kier alpha value is -1.87. The van der Waals surface area contributed by atoms with Gasteiger partial charge in [-0.1, -0.05) is 36.4 Å². The second-order valence-electron chi connectivity index (χ2n) is 5.28. The van der Waals surface area contributed by atoms with Crippen LogP contribution in [0.2, 0.25) is 0 Å². The molecule has 0 saturated carbocycles. The van der Waals surface area contributed by atoms with Crippen molar-refractivity contribution in [1.29, 1.82) is 0 Å². The van der Waals surface area contributed by atoms with Crippen molar-refractivity contribution < 1.29 is 4.79 Å². The fourth-order valence-corrected chi connectivity index (χ4v) is 2.52. The summed E-state index contributed by atoms with van der Waals surface area (Å²) in [5, 5.41) is 5.80. The van der Waals surface area contributed by atoms with Gasteiger partial charge in [0.25, 0.3) is 0 Å². The highest BCUT2D eigenvalue weighted by atomic mass is 16.2. The summed E-state index contributed by atoms with van der Waals surface area (Å²) in [4.78, 5) is 13.9. The molecule has 1 amide bonds. The van der Waals surface area contributed by atoms with Gasteiger partial charge in [-0.2, -0.15) is 0 Å². The van der Waals surface area contributed by atoms with Crippen molar-refractivity contribution in [2.75, 3.05) is 19.6 Å². The molecular weight excluding hydrogens is 260 g/mol. The number of nitrogens with one attached hydrogen (secondary N) is 1. The zero-order valence-electron chi connectivity index (χ0n) is 13.1. The fraction of sp³-hybridized carbons (Fsp3) is 0.389. The fourth-order valence-electron chi connectivity index (χ4n) is 2.52. The SMILES string of the molecule is CCN(CC)C(=O)CNC(C)c1ccc2ccccc2c1. The van der Waals surface area contributed by atoms with Crippen LogP contribution in [0.1, 0.15) is 32.4 Å². The van der Waals surface area contributed by atoms with Crippen molar-refractivity contribution in [1.82, 2.24) is 10.2 Å². The molecule has 0 saturated heterocycles. The van der Waals surface area contributed by atoms with Crippen molar-refractivity contribution in [2.24, 2.45) is 0 Å². The molecule has 2 aromatic rings. The van der Waals surface area contributed by atoms with Crippen molar-refractivity contribution in [2.45, 2.75) is 26.8 Å². The largest absolute Gasteiger partial charge is 0.342 e. The molecule has 21 heavy (non-hydrogen) atoms. The van der Waals surface area contributed by atoms with Gasteiger partial charge in [0.05, 0.1) is 6.54 Å². The van der Waals surface area contributed by atoms with E-state index in [0.717, 1.165) is 13.1 Å². The first kappa shape index (κ1) is 15.5. The van der Waals surface area contributed by atoms with Gasteiger partial charge in [-0.05, 0) is 43.2 Å². The number of carbonyl (C=O) groups excluding carboxylic acids is 1. The summed E-state index contributed by atoms with van der Waals surface area (Å²) in [7, 11) is 0. The number of hydrogen-bond acceptors (Lipinski definition) is 2. The molecule has 0 bridgehead atoms. The van der Waals surface area contributed by atoms with E-state index in [1.54, 1.807) is 0 Å². The van der Waals surface area contributed by atoms with Crippen molar-refractivity contribution in [3.05, 3.63) is 48.0 Å². The van der Waals surface area contributed by atoms with E-state index in [9.17, 15) is 4.79 Å². The van der Waals surface area contributed by atoms with Gasteiger partial charge >= 0.3 is 0 Å². The molecular formula is C18H24N2O. The highest BCUT2D eigenvalue weighted by Crippen LogP contribution is 2.20. The Morgan fingerprint density at radius 3 is 2.43 bits per heavy atom. The van der Waals surface area contributed by atoms with Crippen LogP contribution in [-0.2, 0) is 4.79 Å². The summed E-state index contributed by atoms with van der Waals surface area (Å²) < 4.78 is 0. The molecule has 112 valence electrons. The van der Waals surface area contributed by atoms with Crippen LogP contribution in [0.25, 0.3) is 10.8 Å². The topological polar surface area (TPSA) is 32.3 Å². The van der Waals surface area contributed by atoms with E-state index in [1.807, 2.05) is 30.9 Å². The van der Waals surface area contributed by atoms with Crippen molar-refractivity contribution in [3.8, 4) is 0 Å². The first-order chi connectivity index (χ1) is 10.2. The molecule has 0 fully saturated rings. The Morgan fingerprint density at radius 1 is 1.10 bits per heavy atom. The van der Waals surface area contributed by atoms with Gasteiger partial charge < -0.3 is 10.2 Å². The molecule has 0 spiro atoms. The van der Waals surface area contributed by atoms with Crippen LogP contribution in [0.15, 0.2) is 42.5 Å². The smallest absolute Gasteiger partial charge is 0.236 e. The third-order valence-electron chi connectivity index (χ3n) is 3.95. The van der Waals surface area contributed by atoms with Gasteiger partial charge in [0.15, 0.2) is 0 Å². The summed E-state index contributed by atoms with van der Waals surface area (Å²) in [5.74, 6) is 0.160. The molecule has 0 aliphatic heterocycles. The molecule has 3 heteroatoms. The highest BCUT2D eigenvalue weighted by Gasteiger charge is 2.12. The third-order valence-corrected chi connectivity index (χ3v) is 3.95. The number of hydrogen-bond donors (Lipinski definition) is 1. The molecule has 3 nitrogen and oxygen atoms in total. The summed E-state index contributed by atoms with van der Waals surface area (Å²) in [5.41, 5.74) is 1.21. The standard InChI is InChI=1S/C18H24N2O/c1-4-20(5-2)18(21)13-19-14(3)16-11-10-15-8-6-7-9-17(15)12-16/h6-12,14,19H,4-5,13H2,1-3H3. The van der Waals surface area contributed by atoms with Gasteiger partial charge in [-0.25, -0.2) is 0 Å². The van der Waals surface area contributed by atoms with E-state index in [1.165, 1.54) is 16.3 Å². The second kappa shape index (κ2) is 7.23. The average Bonchev–Trinajstić information content (AvgIpc) is 2.53. The Bertz CT molecular complexity index is 605. The highest BCUT2D eigenvalue weighted by molar-refractivity contribution is 5.83. The Morgan fingerprint density at radius 2 is 1.76 bits per heavy atom. The number of rotatable bonds is 6. The average molecular weight is 284 g/mol. The van der Waals surface area contributed by atoms with E-state index in [0.29, 0.717) is 6.54 Å². The Kier molecular flexibility index (Phi) is 5.34. The number of amides is 1. The maximum absolute atomic E-state index is 12.0. The lowest BCUT2D eigenvalue weighted by atomic mass is 10.0. The normalized spacial score (nSPS) is 12.3. The van der Waals surface area contributed by atoms with Gasteiger partial charge in [-0.3, -0.25) is 4.79 Å². The molecule has 0 heterocycles. The second-order valence-corrected chi connectivity index (χ2v) is 5.28. The maximum atomic E-state index is 12.0. The number of nitrogens with zero attached hydrogens (tertiary/aromatic N) is 1. The lowest BCUT2D eigenvalue weighted by molar-refractivity contribution is -0.129. The van der Waals surface area contributed by atoms with Crippen LogP contribution in [0.4, 0.5) is 0 Å². The number of likely N-dealkylation sites (N-methyl/N-ethyl adjacent to an activating group) is 1. The lowest BCUT2D eigenvalue weighted by Crippen LogP contribution is -2.38. The van der Waals surface area contributed by atoms with E-state index in [2.05, 4.69) is 42.6 Å².